The fourth-order valence-corrected chi connectivity index (χ4v) is 1.32. The van der Waals surface area contributed by atoms with Gasteiger partial charge in [0, 0.05) is 13.0 Å². The van der Waals surface area contributed by atoms with Crippen LogP contribution in [0.2, 0.25) is 0 Å². The molecule has 0 bridgehead atoms. The van der Waals surface area contributed by atoms with Crippen LogP contribution in [0.15, 0.2) is 0 Å². The third-order valence-corrected chi connectivity index (χ3v) is 1.76. The van der Waals surface area contributed by atoms with E-state index in [1.54, 1.807) is 13.8 Å². The fourth-order valence-electron chi connectivity index (χ4n) is 1.32. The number of nitrogens with zero attached hydrogens (tertiary/aromatic N) is 1. The smallest absolute Gasteiger partial charge is 0.233 e. The topological polar surface area (TPSA) is 78.6 Å². The van der Waals surface area contributed by atoms with Crippen molar-refractivity contribution in [2.75, 3.05) is 20.1 Å². The summed E-state index contributed by atoms with van der Waals surface area (Å²) in [7, 11) is 1.92. The Morgan fingerprint density at radius 3 is 2.57 bits per heavy atom. The number of carbonyl (C=O) groups excluding carboxylic acids is 1. The predicted octanol–water partition coefficient (Wildman–Crippen LogP) is -0.541. The monoisotopic (exact) mass is 203 g/mol. The lowest BCUT2D eigenvalue weighted by Gasteiger charge is -2.25. The van der Waals surface area contributed by atoms with Crippen LogP contribution in [0, 0.1) is 0 Å². The van der Waals surface area contributed by atoms with Crippen molar-refractivity contribution in [3.8, 4) is 0 Å². The lowest BCUT2D eigenvalue weighted by molar-refractivity contribution is -0.121. The van der Waals surface area contributed by atoms with Gasteiger partial charge in [-0.05, 0) is 33.9 Å². The van der Waals surface area contributed by atoms with Gasteiger partial charge in [0.2, 0.25) is 5.91 Å². The van der Waals surface area contributed by atoms with Gasteiger partial charge in [0.1, 0.15) is 0 Å². The maximum absolute atomic E-state index is 10.8. The van der Waals surface area contributed by atoms with E-state index < -0.39 is 5.60 Å². The first kappa shape index (κ1) is 13.4. The molecular formula is C9H21N3O2. The van der Waals surface area contributed by atoms with Crippen molar-refractivity contribution in [2.45, 2.75) is 32.3 Å². The molecule has 0 saturated heterocycles. The van der Waals surface area contributed by atoms with Crippen LogP contribution in [0.5, 0.6) is 0 Å². The number of nitrogens with one attached hydrogen (secondary N) is 1. The van der Waals surface area contributed by atoms with Gasteiger partial charge in [-0.1, -0.05) is 0 Å². The maximum atomic E-state index is 10.8. The first-order valence-corrected chi connectivity index (χ1v) is 4.75. The van der Waals surface area contributed by atoms with E-state index >= 15 is 0 Å². The van der Waals surface area contributed by atoms with Gasteiger partial charge in [-0.3, -0.25) is 10.2 Å². The summed E-state index contributed by atoms with van der Waals surface area (Å²) in [6.45, 7) is 4.89. The summed E-state index contributed by atoms with van der Waals surface area (Å²) in [5, 5.41) is 9.50. The SMILES string of the molecule is CN(CCCC(=O)NN)CC(C)(C)O. The molecule has 0 saturated carbocycles. The Balaban J connectivity index is 3.54. The second-order valence-corrected chi connectivity index (χ2v) is 4.22. The number of rotatable bonds is 6. The first-order valence-electron chi connectivity index (χ1n) is 4.75. The molecule has 0 fully saturated rings. The van der Waals surface area contributed by atoms with Crippen LogP contribution in [0.25, 0.3) is 0 Å². The van der Waals surface area contributed by atoms with Crippen LogP contribution in [0.3, 0.4) is 0 Å². The third kappa shape index (κ3) is 7.97. The van der Waals surface area contributed by atoms with Crippen LogP contribution >= 0.6 is 0 Å². The van der Waals surface area contributed by atoms with Crippen molar-refractivity contribution in [1.82, 2.24) is 10.3 Å². The minimum absolute atomic E-state index is 0.151. The summed E-state index contributed by atoms with van der Waals surface area (Å²) in [4.78, 5) is 12.8. The minimum atomic E-state index is -0.690. The zero-order valence-corrected chi connectivity index (χ0v) is 9.21. The van der Waals surface area contributed by atoms with Gasteiger partial charge in [-0.2, -0.15) is 0 Å². The summed E-state index contributed by atoms with van der Waals surface area (Å²) >= 11 is 0. The van der Waals surface area contributed by atoms with E-state index in [0.29, 0.717) is 13.0 Å². The van der Waals surface area contributed by atoms with Crippen LogP contribution in [-0.4, -0.2) is 41.7 Å². The lowest BCUT2D eigenvalue weighted by atomic mass is 10.1. The molecule has 0 aromatic heterocycles. The Bertz CT molecular complexity index is 177. The molecule has 0 spiro atoms. The second-order valence-electron chi connectivity index (χ2n) is 4.22. The van der Waals surface area contributed by atoms with Gasteiger partial charge in [0.05, 0.1) is 5.60 Å². The molecule has 0 rings (SSSR count). The van der Waals surface area contributed by atoms with Crippen molar-refractivity contribution in [1.29, 1.82) is 0 Å². The zero-order valence-electron chi connectivity index (χ0n) is 9.21. The molecule has 5 heteroatoms. The van der Waals surface area contributed by atoms with Gasteiger partial charge in [-0.15, -0.1) is 0 Å². The molecule has 0 radical (unpaired) electrons. The lowest BCUT2D eigenvalue weighted by Crippen LogP contribution is -2.37. The highest BCUT2D eigenvalue weighted by atomic mass is 16.3. The van der Waals surface area contributed by atoms with Crippen LogP contribution < -0.4 is 11.3 Å². The van der Waals surface area contributed by atoms with E-state index in [2.05, 4.69) is 5.43 Å². The van der Waals surface area contributed by atoms with E-state index in [1.165, 1.54) is 0 Å². The number of likely N-dealkylation sites (N-methyl/N-ethyl adjacent to an activating group) is 1. The highest BCUT2D eigenvalue weighted by Crippen LogP contribution is 2.03. The average Bonchev–Trinajstić information content (AvgIpc) is 2.00. The molecule has 0 aliphatic carbocycles. The molecular weight excluding hydrogens is 182 g/mol. The Hall–Kier alpha value is -0.650. The Kier molecular flexibility index (Phi) is 5.68. The Morgan fingerprint density at radius 1 is 1.57 bits per heavy atom. The van der Waals surface area contributed by atoms with E-state index in [1.807, 2.05) is 11.9 Å². The molecule has 1 amide bonds. The molecule has 84 valence electrons. The van der Waals surface area contributed by atoms with Crippen molar-refractivity contribution < 1.29 is 9.90 Å². The Morgan fingerprint density at radius 2 is 2.14 bits per heavy atom. The third-order valence-electron chi connectivity index (χ3n) is 1.76. The Labute approximate surface area is 85.2 Å². The molecule has 0 aliphatic heterocycles. The van der Waals surface area contributed by atoms with Crippen molar-refractivity contribution in [3.63, 3.8) is 0 Å². The molecule has 14 heavy (non-hydrogen) atoms. The summed E-state index contributed by atoms with van der Waals surface area (Å²) in [6, 6.07) is 0. The van der Waals surface area contributed by atoms with Gasteiger partial charge < -0.3 is 10.0 Å². The molecule has 4 N–H and O–H groups in total. The first-order chi connectivity index (χ1) is 6.35. The number of nitrogens with two attached hydrogens (primary N) is 1. The number of carbonyl (C=O) groups is 1. The van der Waals surface area contributed by atoms with E-state index in [-0.39, 0.29) is 5.91 Å². The highest BCUT2D eigenvalue weighted by Gasteiger charge is 2.15. The molecule has 5 nitrogen and oxygen atoms in total. The number of hydrazine groups is 1. The molecule has 0 aromatic carbocycles. The summed E-state index contributed by atoms with van der Waals surface area (Å²) in [6.07, 6.45) is 1.17. The predicted molar refractivity (Wildman–Crippen MR) is 55.4 cm³/mol. The van der Waals surface area contributed by atoms with Crippen LogP contribution in [-0.2, 0) is 4.79 Å². The van der Waals surface area contributed by atoms with E-state index in [9.17, 15) is 9.90 Å². The summed E-state index contributed by atoms with van der Waals surface area (Å²) in [5.74, 6) is 4.79. The molecule has 0 unspecified atom stereocenters. The van der Waals surface area contributed by atoms with Gasteiger partial charge in [0.25, 0.3) is 0 Å². The number of aliphatic hydroxyl groups is 1. The quantitative estimate of drug-likeness (QED) is 0.308. The van der Waals surface area contributed by atoms with E-state index in [0.717, 1.165) is 13.0 Å². The second kappa shape index (κ2) is 5.95. The minimum Gasteiger partial charge on any atom is -0.389 e. The van der Waals surface area contributed by atoms with Crippen molar-refractivity contribution in [3.05, 3.63) is 0 Å². The van der Waals surface area contributed by atoms with Gasteiger partial charge in [-0.25, -0.2) is 5.84 Å². The standard InChI is InChI=1S/C9H21N3O2/c1-9(2,14)7-12(3)6-4-5-8(13)11-10/h14H,4-7,10H2,1-3H3,(H,11,13). The highest BCUT2D eigenvalue weighted by molar-refractivity contribution is 5.75. The summed E-state index contributed by atoms with van der Waals surface area (Å²) < 4.78 is 0. The molecule has 0 atom stereocenters. The van der Waals surface area contributed by atoms with Crippen molar-refractivity contribution in [2.24, 2.45) is 5.84 Å². The van der Waals surface area contributed by atoms with Gasteiger partial charge >= 0.3 is 0 Å². The van der Waals surface area contributed by atoms with Gasteiger partial charge in [0.15, 0.2) is 0 Å². The average molecular weight is 203 g/mol. The zero-order chi connectivity index (χ0) is 11.2. The van der Waals surface area contributed by atoms with Crippen LogP contribution in [0.1, 0.15) is 26.7 Å². The number of amides is 1. The normalized spacial score (nSPS) is 11.9. The molecule has 0 heterocycles. The maximum Gasteiger partial charge on any atom is 0.233 e. The van der Waals surface area contributed by atoms with Crippen molar-refractivity contribution >= 4 is 5.91 Å². The van der Waals surface area contributed by atoms with Crippen LogP contribution in [0.4, 0.5) is 0 Å². The largest absolute Gasteiger partial charge is 0.389 e. The number of hydrogen-bond acceptors (Lipinski definition) is 4. The molecule has 0 aromatic rings. The molecule has 0 aliphatic rings. The summed E-state index contributed by atoms with van der Waals surface area (Å²) in [5.41, 5.74) is 1.39. The fraction of sp³-hybridized carbons (Fsp3) is 0.889. The van der Waals surface area contributed by atoms with E-state index in [4.69, 9.17) is 5.84 Å². The number of hydrogen-bond donors (Lipinski definition) is 3.